The molecule has 0 rings (SSSR count). The molecular formula is C2H10NO12P4. The van der Waals surface area contributed by atoms with Crippen LogP contribution in [0, 0.1) is 0 Å². The van der Waals surface area contributed by atoms with Crippen LogP contribution in [-0.4, -0.2) is 50.2 Å². The van der Waals surface area contributed by atoms with Crippen LogP contribution in [0.15, 0.2) is 0 Å². The van der Waals surface area contributed by atoms with Crippen molar-refractivity contribution in [2.24, 2.45) is 0 Å². The Morgan fingerprint density at radius 3 is 0.789 bits per heavy atom. The van der Waals surface area contributed by atoms with Gasteiger partial charge in [0.05, 0.1) is 0 Å². The minimum Gasteiger partial charge on any atom is -0.323 e. The van der Waals surface area contributed by atoms with Crippen molar-refractivity contribution in [3.8, 4) is 0 Å². The van der Waals surface area contributed by atoms with E-state index in [0.29, 0.717) is 0 Å². The highest BCUT2D eigenvalue weighted by molar-refractivity contribution is 7.72. The van der Waals surface area contributed by atoms with Crippen LogP contribution in [0.2, 0.25) is 0 Å². The van der Waals surface area contributed by atoms with Crippen molar-refractivity contribution >= 4 is 30.4 Å². The third-order valence-corrected chi connectivity index (χ3v) is 8.02. The Bertz CT molecular complexity index is 412. The quantitative estimate of drug-likeness (QED) is 0.235. The third kappa shape index (κ3) is 6.24. The summed E-state index contributed by atoms with van der Waals surface area (Å²) in [7, 11) is -22.8. The zero-order chi connectivity index (χ0) is 15.9. The maximum atomic E-state index is 10.8. The maximum absolute atomic E-state index is 10.8. The zero-order valence-electron chi connectivity index (χ0n) is 8.60. The van der Waals surface area contributed by atoms with Gasteiger partial charge in [-0.25, -0.2) is 0 Å². The van der Waals surface area contributed by atoms with Gasteiger partial charge in [0, 0.05) is 0 Å². The van der Waals surface area contributed by atoms with Gasteiger partial charge in [0.2, 0.25) is 11.0 Å². The van der Waals surface area contributed by atoms with Crippen molar-refractivity contribution < 1.29 is 57.4 Å². The molecule has 0 spiro atoms. The van der Waals surface area contributed by atoms with Gasteiger partial charge in [0.15, 0.2) is 0 Å². The molecule has 13 nitrogen and oxygen atoms in total. The molecule has 0 aliphatic rings. The Kier molecular flexibility index (Phi) is 5.92. The second-order valence-corrected chi connectivity index (χ2v) is 10.7. The summed E-state index contributed by atoms with van der Waals surface area (Å²) in [5.74, 6) is 0. The normalized spacial score (nSPS) is 15.3. The van der Waals surface area contributed by atoms with Crippen LogP contribution in [0.4, 0.5) is 0 Å². The molecule has 17 heteroatoms. The molecule has 0 aliphatic heterocycles. The van der Waals surface area contributed by atoms with E-state index >= 15 is 0 Å². The molecule has 0 unspecified atom stereocenters. The van der Waals surface area contributed by atoms with E-state index in [9.17, 15) is 18.3 Å². The van der Waals surface area contributed by atoms with Crippen LogP contribution in [0.5, 0.6) is 0 Å². The summed E-state index contributed by atoms with van der Waals surface area (Å²) < 4.78 is 43.1. The molecule has 0 saturated carbocycles. The molecule has 0 aromatic rings. The molecular weight excluding hydrogens is 354 g/mol. The van der Waals surface area contributed by atoms with Gasteiger partial charge in [0.25, 0.3) is 0 Å². The molecule has 8 N–H and O–H groups in total. The van der Waals surface area contributed by atoms with E-state index in [1.807, 2.05) is 0 Å². The highest BCUT2D eigenvalue weighted by atomic mass is 31.2. The summed E-state index contributed by atoms with van der Waals surface area (Å²) >= 11 is 0. The van der Waals surface area contributed by atoms with E-state index in [1.165, 1.54) is 0 Å². The summed E-state index contributed by atoms with van der Waals surface area (Å²) in [6, 6.07) is 0. The highest BCUT2D eigenvalue weighted by Crippen LogP contribution is 2.65. The molecule has 115 valence electrons. The maximum Gasteiger partial charge on any atom is 0.356 e. The van der Waals surface area contributed by atoms with E-state index in [1.54, 1.807) is 0 Å². The number of hydrogen-bond acceptors (Lipinski definition) is 4. The Hall–Kier alpha value is 0.560. The molecule has 0 fully saturated rings. The van der Waals surface area contributed by atoms with E-state index in [2.05, 4.69) is 5.32 Å². The van der Waals surface area contributed by atoms with Crippen LogP contribution >= 0.6 is 30.4 Å². The third-order valence-electron chi connectivity index (χ3n) is 1.47. The van der Waals surface area contributed by atoms with Crippen molar-refractivity contribution in [1.82, 2.24) is 5.32 Å². The second-order valence-electron chi connectivity index (χ2n) is 3.20. The smallest absolute Gasteiger partial charge is 0.323 e. The Balaban J connectivity index is 5.69. The van der Waals surface area contributed by atoms with Crippen molar-refractivity contribution in [2.75, 3.05) is 0 Å². The van der Waals surface area contributed by atoms with Crippen LogP contribution in [0.25, 0.3) is 0 Å². The fourth-order valence-corrected chi connectivity index (χ4v) is 5.64. The van der Waals surface area contributed by atoms with Crippen LogP contribution in [0.1, 0.15) is 0 Å². The first-order valence-electron chi connectivity index (χ1n) is 3.88. The minimum absolute atomic E-state index is 2.31. The van der Waals surface area contributed by atoms with Gasteiger partial charge in [-0.15, -0.1) is 0 Å². The summed E-state index contributed by atoms with van der Waals surface area (Å²) in [6.45, 7) is 0. The van der Waals surface area contributed by atoms with Crippen LogP contribution in [0.3, 0.4) is 0 Å². The fourth-order valence-electron chi connectivity index (χ4n) is 0.859. The van der Waals surface area contributed by atoms with E-state index in [-0.39, 0.29) is 0 Å². The van der Waals surface area contributed by atoms with Gasteiger partial charge >= 0.3 is 30.4 Å². The monoisotopic (exact) mass is 364 g/mol. The van der Waals surface area contributed by atoms with Gasteiger partial charge in [0.1, 0.15) is 0 Å². The molecule has 0 amide bonds. The Morgan fingerprint density at radius 1 is 0.526 bits per heavy atom. The van der Waals surface area contributed by atoms with Crippen LogP contribution < -0.4 is 5.32 Å². The molecule has 0 atom stereocenters. The highest BCUT2D eigenvalue weighted by Gasteiger charge is 2.53. The topological polar surface area (TPSA) is 244 Å². The molecule has 0 aromatic heterocycles. The number of rotatable bonds is 6. The van der Waals surface area contributed by atoms with Crippen LogP contribution in [-0.2, 0) is 18.3 Å². The van der Waals surface area contributed by atoms with E-state index in [0.717, 1.165) is 0 Å². The number of hydrogen-bond donors (Lipinski definition) is 8. The summed E-state index contributed by atoms with van der Waals surface area (Å²) in [6.07, 6.45) is 0. The van der Waals surface area contributed by atoms with Crippen molar-refractivity contribution in [3.63, 3.8) is 0 Å². The molecule has 19 heavy (non-hydrogen) atoms. The van der Waals surface area contributed by atoms with Crippen molar-refractivity contribution in [3.05, 3.63) is 0 Å². The second kappa shape index (κ2) is 5.75. The van der Waals surface area contributed by atoms with Gasteiger partial charge in [-0.05, 0) is 0 Å². The largest absolute Gasteiger partial charge is 0.356 e. The lowest BCUT2D eigenvalue weighted by Crippen LogP contribution is -2.31. The molecule has 0 aliphatic carbocycles. The molecule has 0 bridgehead atoms. The SMILES string of the molecule is O=P(O)(O)C([N]C(P(=O)(O)O)P(=O)(O)O)P(=O)(O)O. The zero-order valence-corrected chi connectivity index (χ0v) is 12.2. The van der Waals surface area contributed by atoms with Gasteiger partial charge in [-0.2, -0.15) is 5.32 Å². The standard InChI is InChI=1S/C2H10NO12P4/c4-16(5,6)1(17(7,8)9)3-2(18(10,11)12)19(13,14)15/h1-2H,(H2,4,5,6)(H2,7,8,9)(H2,10,11,12)(H2,13,14,15). The van der Waals surface area contributed by atoms with Gasteiger partial charge in [-0.3, -0.25) is 18.3 Å². The molecule has 0 heterocycles. The summed E-state index contributed by atoms with van der Waals surface area (Å²) in [5.41, 5.74) is -6.57. The number of nitrogens with zero attached hydrogens (tertiary/aromatic N) is 1. The van der Waals surface area contributed by atoms with Crippen molar-refractivity contribution in [1.29, 1.82) is 0 Å². The predicted molar refractivity (Wildman–Crippen MR) is 57.9 cm³/mol. The summed E-state index contributed by atoms with van der Waals surface area (Å²) in [5, 5.41) is 2.31. The first kappa shape index (κ1) is 19.6. The Labute approximate surface area is 105 Å². The Morgan fingerprint density at radius 2 is 0.684 bits per heavy atom. The van der Waals surface area contributed by atoms with Gasteiger partial charge in [-0.1, -0.05) is 0 Å². The molecule has 0 saturated heterocycles. The molecule has 0 aromatic carbocycles. The lowest BCUT2D eigenvalue weighted by Gasteiger charge is -2.25. The summed E-state index contributed by atoms with van der Waals surface area (Å²) in [4.78, 5) is 68.9. The lowest BCUT2D eigenvalue weighted by atomic mass is 11.2. The lowest BCUT2D eigenvalue weighted by molar-refractivity contribution is 0.309. The predicted octanol–water partition coefficient (Wildman–Crippen LogP) is -2.13. The first-order valence-corrected chi connectivity index (χ1v) is 10.6. The average Bonchev–Trinajstić information content (AvgIpc) is 1.91. The van der Waals surface area contributed by atoms with E-state index < -0.39 is 41.4 Å². The van der Waals surface area contributed by atoms with Crippen molar-refractivity contribution in [2.45, 2.75) is 11.0 Å². The van der Waals surface area contributed by atoms with Gasteiger partial charge < -0.3 is 39.1 Å². The molecule has 1 radical (unpaired) electrons. The fraction of sp³-hybridized carbons (Fsp3) is 1.00. The minimum atomic E-state index is -5.71. The average molecular weight is 364 g/mol. The first-order chi connectivity index (χ1) is 7.97. The van der Waals surface area contributed by atoms with E-state index in [4.69, 9.17) is 39.1 Å².